The molecule has 1 rings (SSSR count). The lowest BCUT2D eigenvalue weighted by Gasteiger charge is -2.23. The van der Waals surface area contributed by atoms with Crippen LogP contribution in [-0.4, -0.2) is 43.6 Å². The van der Waals surface area contributed by atoms with Gasteiger partial charge in [-0.1, -0.05) is 36.8 Å². The van der Waals surface area contributed by atoms with E-state index in [2.05, 4.69) is 61.6 Å². The van der Waals surface area contributed by atoms with Crippen LogP contribution in [0, 0.1) is 6.92 Å². The van der Waals surface area contributed by atoms with Gasteiger partial charge in [0.1, 0.15) is 0 Å². The largest absolute Gasteiger partial charge is 0.310 e. The molecule has 1 aromatic rings. The fourth-order valence-electron chi connectivity index (χ4n) is 2.21. The molecule has 114 valence electrons. The normalized spacial score (nSPS) is 12.8. The minimum absolute atomic E-state index is 0.479. The van der Waals surface area contributed by atoms with Crippen LogP contribution in [0.5, 0.6) is 0 Å². The average molecular weight is 295 g/mol. The molecule has 0 saturated carbocycles. The summed E-state index contributed by atoms with van der Waals surface area (Å²) < 4.78 is 0. The Balaban J connectivity index is 2.53. The Bertz CT molecular complexity index is 351. The second-order valence-corrected chi connectivity index (χ2v) is 6.49. The predicted octanol–water partition coefficient (Wildman–Crippen LogP) is 3.72. The maximum Gasteiger partial charge on any atom is 0.0332 e. The lowest BCUT2D eigenvalue weighted by Crippen LogP contribution is -2.29. The number of rotatable bonds is 10. The Morgan fingerprint density at radius 3 is 2.50 bits per heavy atom. The second kappa shape index (κ2) is 10.3. The van der Waals surface area contributed by atoms with Crippen molar-refractivity contribution in [2.45, 2.75) is 32.7 Å². The highest BCUT2D eigenvalue weighted by Crippen LogP contribution is 2.18. The molecule has 3 heteroatoms. The van der Waals surface area contributed by atoms with E-state index in [9.17, 15) is 0 Å². The fourth-order valence-corrected chi connectivity index (χ4v) is 2.71. The van der Waals surface area contributed by atoms with Crippen LogP contribution < -0.4 is 5.32 Å². The van der Waals surface area contributed by atoms with E-state index in [0.29, 0.717) is 6.04 Å². The Hall–Kier alpha value is -0.510. The van der Waals surface area contributed by atoms with E-state index in [1.807, 2.05) is 11.8 Å². The molecule has 0 aromatic heterocycles. The zero-order valence-electron chi connectivity index (χ0n) is 13.5. The van der Waals surface area contributed by atoms with Gasteiger partial charge in [0.2, 0.25) is 0 Å². The number of aryl methyl sites for hydroxylation is 1. The van der Waals surface area contributed by atoms with Crippen LogP contribution in [-0.2, 0) is 0 Å². The number of nitrogens with one attached hydrogen (secondary N) is 1. The van der Waals surface area contributed by atoms with Gasteiger partial charge >= 0.3 is 0 Å². The van der Waals surface area contributed by atoms with Crippen molar-refractivity contribution in [1.29, 1.82) is 0 Å². The summed E-state index contributed by atoms with van der Waals surface area (Å²) in [6, 6.07) is 9.45. The smallest absolute Gasteiger partial charge is 0.0332 e. The van der Waals surface area contributed by atoms with Crippen LogP contribution in [0.25, 0.3) is 0 Å². The van der Waals surface area contributed by atoms with Crippen molar-refractivity contribution in [3.8, 4) is 0 Å². The lowest BCUT2D eigenvalue weighted by molar-refractivity contribution is 0.323. The highest BCUT2D eigenvalue weighted by atomic mass is 32.2. The van der Waals surface area contributed by atoms with Crippen LogP contribution in [0.15, 0.2) is 24.3 Å². The maximum atomic E-state index is 3.68. The van der Waals surface area contributed by atoms with Gasteiger partial charge in [-0.15, -0.1) is 0 Å². The van der Waals surface area contributed by atoms with Gasteiger partial charge in [0.15, 0.2) is 0 Å². The molecule has 0 amide bonds. The molecule has 1 unspecified atom stereocenters. The first-order valence-corrected chi connectivity index (χ1v) is 9.04. The van der Waals surface area contributed by atoms with Crippen molar-refractivity contribution in [2.24, 2.45) is 0 Å². The van der Waals surface area contributed by atoms with E-state index in [1.54, 1.807) is 0 Å². The minimum atomic E-state index is 0.479. The van der Waals surface area contributed by atoms with Crippen LogP contribution >= 0.6 is 11.8 Å². The molecule has 1 N–H and O–H groups in total. The molecular weight excluding hydrogens is 264 g/mol. The third-order valence-corrected chi connectivity index (χ3v) is 4.19. The summed E-state index contributed by atoms with van der Waals surface area (Å²) in [5.41, 5.74) is 2.75. The predicted molar refractivity (Wildman–Crippen MR) is 92.7 cm³/mol. The molecule has 0 aliphatic rings. The Morgan fingerprint density at radius 2 is 1.90 bits per heavy atom. The Labute approximate surface area is 129 Å². The van der Waals surface area contributed by atoms with Crippen molar-refractivity contribution in [1.82, 2.24) is 10.2 Å². The van der Waals surface area contributed by atoms with Crippen molar-refractivity contribution in [3.05, 3.63) is 35.4 Å². The zero-order valence-corrected chi connectivity index (χ0v) is 14.3. The minimum Gasteiger partial charge on any atom is -0.310 e. The molecule has 0 radical (unpaired) electrons. The van der Waals surface area contributed by atoms with Crippen molar-refractivity contribution in [2.75, 3.05) is 38.7 Å². The monoisotopic (exact) mass is 294 g/mol. The zero-order chi connectivity index (χ0) is 14.8. The van der Waals surface area contributed by atoms with Crippen molar-refractivity contribution in [3.63, 3.8) is 0 Å². The van der Waals surface area contributed by atoms with Crippen LogP contribution in [0.2, 0.25) is 0 Å². The summed E-state index contributed by atoms with van der Waals surface area (Å²) in [5, 5.41) is 3.68. The van der Waals surface area contributed by atoms with Gasteiger partial charge in [0.25, 0.3) is 0 Å². The van der Waals surface area contributed by atoms with Gasteiger partial charge in [-0.2, -0.15) is 11.8 Å². The molecule has 0 saturated heterocycles. The van der Waals surface area contributed by atoms with Gasteiger partial charge in [-0.3, -0.25) is 0 Å². The summed E-state index contributed by atoms with van der Waals surface area (Å²) in [6.45, 7) is 7.79. The van der Waals surface area contributed by atoms with E-state index in [-0.39, 0.29) is 0 Å². The molecule has 0 heterocycles. The number of thioether (sulfide) groups is 1. The highest BCUT2D eigenvalue weighted by Gasteiger charge is 2.11. The summed E-state index contributed by atoms with van der Waals surface area (Å²) in [7, 11) is 2.22. The second-order valence-electron chi connectivity index (χ2n) is 5.50. The van der Waals surface area contributed by atoms with Crippen molar-refractivity contribution >= 4 is 11.8 Å². The lowest BCUT2D eigenvalue weighted by atomic mass is 10.0. The van der Waals surface area contributed by atoms with Crippen LogP contribution in [0.1, 0.15) is 36.9 Å². The number of hydrogen-bond donors (Lipinski definition) is 1. The van der Waals surface area contributed by atoms with Crippen molar-refractivity contribution < 1.29 is 0 Å². The number of hydrogen-bond acceptors (Lipinski definition) is 3. The molecular formula is C17H30N2S. The van der Waals surface area contributed by atoms with Crippen LogP contribution in [0.4, 0.5) is 0 Å². The standard InChI is InChI=1S/C17H30N2S/c1-5-11-18-17(10-12-19(3)13-14-20-4)16-8-6-15(2)7-9-16/h6-9,17-18H,5,10-14H2,1-4H3. The quantitative estimate of drug-likeness (QED) is 0.708. The fraction of sp³-hybridized carbons (Fsp3) is 0.647. The third-order valence-electron chi connectivity index (χ3n) is 3.60. The molecule has 20 heavy (non-hydrogen) atoms. The molecule has 0 aliphatic carbocycles. The first-order valence-electron chi connectivity index (χ1n) is 7.64. The van der Waals surface area contributed by atoms with Gasteiger partial charge in [0, 0.05) is 18.3 Å². The summed E-state index contributed by atoms with van der Waals surface area (Å²) in [6.07, 6.45) is 4.53. The molecule has 0 spiro atoms. The van der Waals surface area contributed by atoms with Gasteiger partial charge in [-0.25, -0.2) is 0 Å². The maximum absolute atomic E-state index is 3.68. The Morgan fingerprint density at radius 1 is 1.20 bits per heavy atom. The number of nitrogens with zero attached hydrogens (tertiary/aromatic N) is 1. The van der Waals surface area contributed by atoms with Gasteiger partial charge in [0.05, 0.1) is 0 Å². The third kappa shape index (κ3) is 6.78. The average Bonchev–Trinajstić information content (AvgIpc) is 2.46. The van der Waals surface area contributed by atoms with Gasteiger partial charge < -0.3 is 10.2 Å². The first kappa shape index (κ1) is 17.5. The highest BCUT2D eigenvalue weighted by molar-refractivity contribution is 7.98. The summed E-state index contributed by atoms with van der Waals surface area (Å²) >= 11 is 1.92. The van der Waals surface area contributed by atoms with E-state index >= 15 is 0 Å². The topological polar surface area (TPSA) is 15.3 Å². The van der Waals surface area contributed by atoms with E-state index in [0.717, 1.165) is 13.1 Å². The number of benzene rings is 1. The molecule has 0 aliphatic heterocycles. The molecule has 1 aromatic carbocycles. The molecule has 0 bridgehead atoms. The van der Waals surface area contributed by atoms with E-state index in [4.69, 9.17) is 0 Å². The first-order chi connectivity index (χ1) is 9.67. The summed E-state index contributed by atoms with van der Waals surface area (Å²) in [5.74, 6) is 1.22. The van der Waals surface area contributed by atoms with E-state index in [1.165, 1.54) is 36.3 Å². The van der Waals surface area contributed by atoms with Gasteiger partial charge in [-0.05, 0) is 51.7 Å². The Kier molecular flexibility index (Phi) is 8.99. The SMILES string of the molecule is CCCNC(CCN(C)CCSC)c1ccc(C)cc1. The summed E-state index contributed by atoms with van der Waals surface area (Å²) in [4.78, 5) is 2.44. The van der Waals surface area contributed by atoms with Crippen LogP contribution in [0.3, 0.4) is 0 Å². The van der Waals surface area contributed by atoms with E-state index < -0.39 is 0 Å². The molecule has 2 nitrogen and oxygen atoms in total. The molecule has 1 atom stereocenters. The molecule has 0 fully saturated rings.